The van der Waals surface area contributed by atoms with E-state index in [1.807, 2.05) is 0 Å². The summed E-state index contributed by atoms with van der Waals surface area (Å²) < 4.78 is 31.9. The van der Waals surface area contributed by atoms with Crippen LogP contribution in [-0.4, -0.2) is 84.8 Å². The van der Waals surface area contributed by atoms with E-state index >= 15 is 0 Å². The van der Waals surface area contributed by atoms with Crippen LogP contribution in [0.25, 0.3) is 0 Å². The number of hydrogen-bond donors (Lipinski definition) is 2. The number of rotatable bonds is 4. The fraction of sp³-hybridized carbons (Fsp3) is 0.708. The maximum absolute atomic E-state index is 14.1. The summed E-state index contributed by atoms with van der Waals surface area (Å²) in [6.07, 6.45) is 5.09. The SMILES string of the molecule is O=C(NO)N1CC2(C[C@H](N3CCC(c4cc(F)ccc4OC4CC5(COC5)C4)CC3)CO2)C1. The van der Waals surface area contributed by atoms with Gasteiger partial charge in [0.2, 0.25) is 0 Å². The Hall–Kier alpha value is -1.94. The highest BCUT2D eigenvalue weighted by Crippen LogP contribution is 2.49. The predicted molar refractivity (Wildman–Crippen MR) is 116 cm³/mol. The minimum Gasteiger partial charge on any atom is -0.490 e. The zero-order valence-corrected chi connectivity index (χ0v) is 18.8. The Morgan fingerprint density at radius 1 is 1.18 bits per heavy atom. The number of ether oxygens (including phenoxy) is 3. The number of nitrogens with one attached hydrogen (secondary N) is 1. The average Bonchev–Trinajstić information content (AvgIpc) is 3.20. The summed E-state index contributed by atoms with van der Waals surface area (Å²) in [5.41, 5.74) is 2.76. The predicted octanol–water partition coefficient (Wildman–Crippen LogP) is 2.51. The number of halogens is 1. The Labute approximate surface area is 192 Å². The highest BCUT2D eigenvalue weighted by atomic mass is 19.1. The number of benzene rings is 1. The fourth-order valence-electron chi connectivity index (χ4n) is 6.46. The molecule has 1 aliphatic carbocycles. The van der Waals surface area contributed by atoms with Crippen LogP contribution in [-0.2, 0) is 9.47 Å². The first kappa shape index (κ1) is 21.6. The summed E-state index contributed by atoms with van der Waals surface area (Å²) in [5.74, 6) is 0.927. The first-order valence-electron chi connectivity index (χ1n) is 12.1. The second-order valence-corrected chi connectivity index (χ2v) is 10.8. The zero-order chi connectivity index (χ0) is 22.6. The van der Waals surface area contributed by atoms with E-state index in [4.69, 9.17) is 19.4 Å². The van der Waals surface area contributed by atoms with E-state index in [1.165, 1.54) is 6.07 Å². The van der Waals surface area contributed by atoms with Crippen LogP contribution in [0.4, 0.5) is 9.18 Å². The third-order valence-corrected chi connectivity index (χ3v) is 8.42. The molecule has 0 aromatic heterocycles. The fourth-order valence-corrected chi connectivity index (χ4v) is 6.46. The smallest absolute Gasteiger partial charge is 0.341 e. The largest absolute Gasteiger partial charge is 0.490 e. The van der Waals surface area contributed by atoms with Crippen LogP contribution in [0.3, 0.4) is 0 Å². The van der Waals surface area contributed by atoms with Gasteiger partial charge in [-0.05, 0) is 69.3 Å². The summed E-state index contributed by atoms with van der Waals surface area (Å²) in [5, 5.41) is 8.79. The number of piperidine rings is 1. The van der Waals surface area contributed by atoms with Crippen molar-refractivity contribution in [2.45, 2.75) is 55.8 Å². The molecule has 1 saturated carbocycles. The van der Waals surface area contributed by atoms with Gasteiger partial charge in [0.15, 0.2) is 0 Å². The van der Waals surface area contributed by atoms with Crippen LogP contribution in [0.1, 0.15) is 43.6 Å². The molecule has 2 amide bonds. The highest BCUT2D eigenvalue weighted by molar-refractivity contribution is 5.74. The van der Waals surface area contributed by atoms with Crippen molar-refractivity contribution in [1.29, 1.82) is 0 Å². The van der Waals surface area contributed by atoms with E-state index in [2.05, 4.69) is 4.90 Å². The lowest BCUT2D eigenvalue weighted by molar-refractivity contribution is -0.191. The second-order valence-electron chi connectivity index (χ2n) is 10.8. The van der Waals surface area contributed by atoms with Crippen molar-refractivity contribution in [3.63, 3.8) is 0 Å². The molecule has 2 N–H and O–H groups in total. The van der Waals surface area contributed by atoms with E-state index in [-0.39, 0.29) is 23.4 Å². The standard InChI is InChI=1S/C24H32FN3O5/c25-17-1-2-21(33-19-9-23(10-19)14-31-15-23)20(7-17)16-3-5-27(6-4-16)18-8-24(32-11-18)12-28(13-24)22(29)26-30/h1-2,7,16,18-19,30H,3-6,8-15H2,(H,26,29)/t18-/m0/s1. The molecule has 0 radical (unpaired) electrons. The van der Waals surface area contributed by atoms with Gasteiger partial charge >= 0.3 is 6.03 Å². The summed E-state index contributed by atoms with van der Waals surface area (Å²) >= 11 is 0. The Balaban J connectivity index is 1.04. The molecule has 0 unspecified atom stereocenters. The Bertz CT molecular complexity index is 903. The van der Waals surface area contributed by atoms with Crippen LogP contribution in [0, 0.1) is 11.2 Å². The lowest BCUT2D eigenvalue weighted by Crippen LogP contribution is -2.65. The number of likely N-dealkylation sites (tertiary alicyclic amines) is 2. The molecular formula is C24H32FN3O5. The zero-order valence-electron chi connectivity index (χ0n) is 18.8. The van der Waals surface area contributed by atoms with Gasteiger partial charge in [-0.3, -0.25) is 10.1 Å². The van der Waals surface area contributed by atoms with Gasteiger partial charge in [-0.25, -0.2) is 14.7 Å². The van der Waals surface area contributed by atoms with Crippen molar-refractivity contribution in [3.8, 4) is 5.75 Å². The minimum atomic E-state index is -0.473. The van der Waals surface area contributed by atoms with Crippen LogP contribution in [0.2, 0.25) is 0 Å². The quantitative estimate of drug-likeness (QED) is 0.530. The Morgan fingerprint density at radius 2 is 1.94 bits per heavy atom. The Kier molecular flexibility index (Phi) is 5.28. The van der Waals surface area contributed by atoms with E-state index in [0.29, 0.717) is 31.2 Å². The van der Waals surface area contributed by atoms with Gasteiger partial charge in [0.05, 0.1) is 32.9 Å². The number of amides is 2. The molecule has 8 nitrogen and oxygen atoms in total. The summed E-state index contributed by atoms with van der Waals surface area (Å²) in [6.45, 7) is 5.28. The molecule has 4 heterocycles. The van der Waals surface area contributed by atoms with Crippen LogP contribution < -0.4 is 10.2 Å². The molecule has 4 aliphatic heterocycles. The number of nitrogens with zero attached hydrogens (tertiary/aromatic N) is 2. The van der Waals surface area contributed by atoms with Crippen LogP contribution in [0.5, 0.6) is 5.75 Å². The van der Waals surface area contributed by atoms with E-state index in [0.717, 1.165) is 69.7 Å². The van der Waals surface area contributed by atoms with Gasteiger partial charge in [0.1, 0.15) is 23.3 Å². The molecule has 6 rings (SSSR count). The van der Waals surface area contributed by atoms with Gasteiger partial charge in [-0.1, -0.05) is 0 Å². The molecule has 1 aromatic rings. The summed E-state index contributed by atoms with van der Waals surface area (Å²) in [6, 6.07) is 4.84. The number of hydrogen-bond acceptors (Lipinski definition) is 6. The van der Waals surface area contributed by atoms with Gasteiger partial charge in [-0.2, -0.15) is 0 Å². The topological polar surface area (TPSA) is 83.5 Å². The minimum absolute atomic E-state index is 0.204. The monoisotopic (exact) mass is 461 g/mol. The van der Waals surface area contributed by atoms with Gasteiger partial charge < -0.3 is 19.1 Å². The first-order chi connectivity index (χ1) is 16.0. The van der Waals surface area contributed by atoms with Crippen molar-refractivity contribution in [2.24, 2.45) is 5.41 Å². The molecule has 1 aromatic carbocycles. The Morgan fingerprint density at radius 3 is 2.61 bits per heavy atom. The van der Waals surface area contributed by atoms with Crippen molar-refractivity contribution in [1.82, 2.24) is 15.3 Å². The molecule has 5 fully saturated rings. The molecule has 5 aliphatic rings. The molecule has 0 bridgehead atoms. The van der Waals surface area contributed by atoms with E-state index in [1.54, 1.807) is 22.5 Å². The van der Waals surface area contributed by atoms with Crippen molar-refractivity contribution < 1.29 is 28.6 Å². The van der Waals surface area contributed by atoms with Crippen molar-refractivity contribution in [3.05, 3.63) is 29.6 Å². The van der Waals surface area contributed by atoms with Gasteiger partial charge in [0.25, 0.3) is 0 Å². The molecule has 2 spiro atoms. The van der Waals surface area contributed by atoms with Crippen LogP contribution >= 0.6 is 0 Å². The number of hydroxylamine groups is 1. The highest BCUT2D eigenvalue weighted by Gasteiger charge is 2.53. The first-order valence-corrected chi connectivity index (χ1v) is 12.1. The summed E-state index contributed by atoms with van der Waals surface area (Å²) in [7, 11) is 0. The van der Waals surface area contributed by atoms with Gasteiger partial charge in [0, 0.05) is 17.0 Å². The molecule has 1 atom stereocenters. The third kappa shape index (κ3) is 3.88. The third-order valence-electron chi connectivity index (χ3n) is 8.42. The summed E-state index contributed by atoms with van der Waals surface area (Å²) in [4.78, 5) is 15.6. The molecule has 9 heteroatoms. The van der Waals surface area contributed by atoms with Crippen LogP contribution in [0.15, 0.2) is 18.2 Å². The maximum Gasteiger partial charge on any atom is 0.341 e. The number of urea groups is 1. The number of carbonyl (C=O) groups is 1. The maximum atomic E-state index is 14.1. The lowest BCUT2D eigenvalue weighted by Gasteiger charge is -2.52. The van der Waals surface area contributed by atoms with Crippen molar-refractivity contribution >= 4 is 6.03 Å². The van der Waals surface area contributed by atoms with E-state index in [9.17, 15) is 9.18 Å². The molecule has 180 valence electrons. The lowest BCUT2D eigenvalue weighted by atomic mass is 9.65. The molecular weight excluding hydrogens is 429 g/mol. The average molecular weight is 462 g/mol. The van der Waals surface area contributed by atoms with Gasteiger partial charge in [-0.15, -0.1) is 0 Å². The molecule has 4 saturated heterocycles. The second kappa shape index (κ2) is 8.08. The number of carbonyl (C=O) groups excluding carboxylic acids is 1. The van der Waals surface area contributed by atoms with E-state index < -0.39 is 6.03 Å². The molecule has 33 heavy (non-hydrogen) atoms. The normalized spacial score (nSPS) is 28.9. The van der Waals surface area contributed by atoms with Crippen molar-refractivity contribution in [2.75, 3.05) is 46.0 Å².